The molecule has 260 valence electrons. The fourth-order valence-corrected chi connectivity index (χ4v) is 5.45. The molecule has 12 nitrogen and oxygen atoms in total. The molecular weight excluding hydrogens is 626 g/mol. The molecule has 0 radical (unpaired) electrons. The minimum Gasteiger partial charge on any atom is -0.466 e. The normalized spacial score (nSPS) is 13.6. The summed E-state index contributed by atoms with van der Waals surface area (Å²) in [6.07, 6.45) is 1.23. The molecular formula is C37H45N5O7. The minimum absolute atomic E-state index is 0.00715. The number of ether oxygens (including phenoxy) is 2. The van der Waals surface area contributed by atoms with Crippen LogP contribution in [0.3, 0.4) is 0 Å². The number of H-pyrrole nitrogens is 1. The standard InChI is InChI=1S/C37H45N5O7/c1-4-48-34(44)20-33(43)30(16-24(2)3)40-36(46)32(19-29-21-38-23-39-29)41-35(45)31(42-37(47)49-22-25-10-6-5-7-11-25)18-26-14-15-27-12-8-9-13-28(27)17-26/h5-15,17,21,23-24,30-33,43H,4,16,18-20,22H2,1-3H3,(H,38,39)(H,40,46)(H,41,45)(H,42,47)/t30-,31-,32+,33-/m0/s1. The van der Waals surface area contributed by atoms with Crippen LogP contribution in [0.1, 0.15) is 50.4 Å². The molecule has 4 atom stereocenters. The van der Waals surface area contributed by atoms with E-state index in [9.17, 15) is 24.3 Å². The Balaban J connectivity index is 1.55. The van der Waals surface area contributed by atoms with Crippen molar-refractivity contribution in [2.24, 2.45) is 5.92 Å². The van der Waals surface area contributed by atoms with Gasteiger partial charge < -0.3 is 35.5 Å². The summed E-state index contributed by atoms with van der Waals surface area (Å²) in [5.41, 5.74) is 2.15. The number of aromatic amines is 1. The first-order valence-electron chi connectivity index (χ1n) is 16.5. The number of aliphatic hydroxyl groups is 1. The number of benzene rings is 3. The zero-order chi connectivity index (χ0) is 35.2. The van der Waals surface area contributed by atoms with Crippen LogP contribution < -0.4 is 16.0 Å². The van der Waals surface area contributed by atoms with Crippen LogP contribution in [0.15, 0.2) is 85.3 Å². The number of carbonyl (C=O) groups excluding carboxylic acids is 4. The lowest BCUT2D eigenvalue weighted by atomic mass is 9.96. The van der Waals surface area contributed by atoms with Gasteiger partial charge in [0.05, 0.1) is 31.5 Å². The summed E-state index contributed by atoms with van der Waals surface area (Å²) < 4.78 is 10.4. The smallest absolute Gasteiger partial charge is 0.408 e. The molecule has 0 aliphatic heterocycles. The summed E-state index contributed by atoms with van der Waals surface area (Å²) in [7, 11) is 0. The highest BCUT2D eigenvalue weighted by atomic mass is 16.5. The highest BCUT2D eigenvalue weighted by molar-refractivity contribution is 5.92. The number of nitrogens with zero attached hydrogens (tertiary/aromatic N) is 1. The van der Waals surface area contributed by atoms with Gasteiger partial charge in [0, 0.05) is 24.7 Å². The first kappa shape index (κ1) is 36.6. The average Bonchev–Trinajstić information content (AvgIpc) is 3.60. The Hall–Kier alpha value is -5.23. The molecule has 1 aromatic heterocycles. The van der Waals surface area contributed by atoms with Gasteiger partial charge in [0.2, 0.25) is 11.8 Å². The molecule has 0 fully saturated rings. The molecule has 12 heteroatoms. The van der Waals surface area contributed by atoms with Gasteiger partial charge in [-0.25, -0.2) is 9.78 Å². The third-order valence-electron chi connectivity index (χ3n) is 7.89. The van der Waals surface area contributed by atoms with Gasteiger partial charge in [-0.15, -0.1) is 0 Å². The van der Waals surface area contributed by atoms with E-state index in [1.165, 1.54) is 6.33 Å². The van der Waals surface area contributed by atoms with Crippen molar-refractivity contribution in [3.8, 4) is 0 Å². The Morgan fingerprint density at radius 1 is 0.816 bits per heavy atom. The van der Waals surface area contributed by atoms with E-state index in [1.807, 2.05) is 86.6 Å². The lowest BCUT2D eigenvalue weighted by molar-refractivity contribution is -0.146. The first-order valence-corrected chi connectivity index (χ1v) is 16.5. The number of fused-ring (bicyclic) bond motifs is 1. The third kappa shape index (κ3) is 11.8. The second-order valence-electron chi connectivity index (χ2n) is 12.3. The summed E-state index contributed by atoms with van der Waals surface area (Å²) in [5.74, 6) is -1.70. The number of aliphatic hydroxyl groups excluding tert-OH is 1. The summed E-state index contributed by atoms with van der Waals surface area (Å²) >= 11 is 0. The van der Waals surface area contributed by atoms with Gasteiger partial charge in [-0.3, -0.25) is 14.4 Å². The summed E-state index contributed by atoms with van der Waals surface area (Å²) in [6, 6.07) is 19.7. The van der Waals surface area contributed by atoms with Gasteiger partial charge in [-0.05, 0) is 41.2 Å². The molecule has 0 bridgehead atoms. The maximum Gasteiger partial charge on any atom is 0.408 e. The SMILES string of the molecule is CCOC(=O)C[C@H](O)[C@H](CC(C)C)NC(=O)[C@@H](Cc1cnc[nH]1)NC(=O)[C@H](Cc1ccc2ccccc2c1)NC(=O)OCc1ccccc1. The molecule has 0 saturated carbocycles. The average molecular weight is 672 g/mol. The Morgan fingerprint density at radius 2 is 1.51 bits per heavy atom. The van der Waals surface area contributed by atoms with Crippen molar-refractivity contribution < 1.29 is 33.8 Å². The molecule has 4 aromatic rings. The van der Waals surface area contributed by atoms with Gasteiger partial charge in [0.25, 0.3) is 0 Å². The number of aromatic nitrogens is 2. The Morgan fingerprint density at radius 3 is 2.20 bits per heavy atom. The second-order valence-corrected chi connectivity index (χ2v) is 12.3. The molecule has 0 aliphatic carbocycles. The van der Waals surface area contributed by atoms with Gasteiger partial charge >= 0.3 is 12.1 Å². The van der Waals surface area contributed by atoms with Crippen LogP contribution in [0.4, 0.5) is 4.79 Å². The molecule has 3 amide bonds. The Labute approximate surface area is 286 Å². The highest BCUT2D eigenvalue weighted by Gasteiger charge is 2.32. The molecule has 0 aliphatic rings. The van der Waals surface area contributed by atoms with Gasteiger partial charge in [0.1, 0.15) is 18.7 Å². The lowest BCUT2D eigenvalue weighted by Gasteiger charge is -2.28. The Kier molecular flexibility index (Phi) is 13.7. The van der Waals surface area contributed by atoms with Crippen molar-refractivity contribution in [2.75, 3.05) is 6.61 Å². The number of amides is 3. The predicted octanol–water partition coefficient (Wildman–Crippen LogP) is 3.97. The number of hydrogen-bond acceptors (Lipinski definition) is 8. The molecule has 0 saturated heterocycles. The van der Waals surface area contributed by atoms with Crippen LogP contribution in [-0.4, -0.2) is 69.8 Å². The van der Waals surface area contributed by atoms with Crippen LogP contribution in [0, 0.1) is 5.92 Å². The monoisotopic (exact) mass is 671 g/mol. The van der Waals surface area contributed by atoms with E-state index in [0.717, 1.165) is 21.9 Å². The topological polar surface area (TPSA) is 172 Å². The largest absolute Gasteiger partial charge is 0.466 e. The first-order chi connectivity index (χ1) is 23.6. The number of imidazole rings is 1. The van der Waals surface area contributed by atoms with E-state index in [4.69, 9.17) is 9.47 Å². The summed E-state index contributed by atoms with van der Waals surface area (Å²) in [5, 5.41) is 21.2. The van der Waals surface area contributed by atoms with E-state index in [-0.39, 0.29) is 38.4 Å². The van der Waals surface area contributed by atoms with E-state index in [0.29, 0.717) is 12.1 Å². The van der Waals surface area contributed by atoms with Gasteiger partial charge in [-0.1, -0.05) is 86.6 Å². The van der Waals surface area contributed by atoms with E-state index in [2.05, 4.69) is 25.9 Å². The maximum absolute atomic E-state index is 14.0. The molecule has 4 rings (SSSR count). The predicted molar refractivity (Wildman–Crippen MR) is 184 cm³/mol. The van der Waals surface area contributed by atoms with Crippen LogP contribution in [-0.2, 0) is 43.3 Å². The number of carbonyl (C=O) groups is 4. The van der Waals surface area contributed by atoms with Crippen molar-refractivity contribution in [3.63, 3.8) is 0 Å². The summed E-state index contributed by atoms with van der Waals surface area (Å²) in [4.78, 5) is 59.9. The number of esters is 1. The lowest BCUT2D eigenvalue weighted by Crippen LogP contribution is -2.57. The van der Waals surface area contributed by atoms with Crippen molar-refractivity contribution in [3.05, 3.63) is 102 Å². The number of nitrogens with one attached hydrogen (secondary N) is 4. The van der Waals surface area contributed by atoms with Crippen LogP contribution in [0.5, 0.6) is 0 Å². The molecule has 3 aromatic carbocycles. The number of alkyl carbamates (subject to hydrolysis) is 1. The van der Waals surface area contributed by atoms with E-state index >= 15 is 0 Å². The molecule has 5 N–H and O–H groups in total. The van der Waals surface area contributed by atoms with Crippen molar-refractivity contribution in [1.29, 1.82) is 0 Å². The minimum atomic E-state index is -1.21. The summed E-state index contributed by atoms with van der Waals surface area (Å²) in [6.45, 7) is 5.71. The van der Waals surface area contributed by atoms with Gasteiger partial charge in [-0.2, -0.15) is 0 Å². The molecule has 1 heterocycles. The number of hydrogen-bond donors (Lipinski definition) is 5. The maximum atomic E-state index is 14.0. The fourth-order valence-electron chi connectivity index (χ4n) is 5.45. The zero-order valence-electron chi connectivity index (χ0n) is 28.1. The second kappa shape index (κ2) is 18.3. The van der Waals surface area contributed by atoms with Crippen molar-refractivity contribution in [2.45, 2.75) is 77.3 Å². The van der Waals surface area contributed by atoms with Crippen LogP contribution >= 0.6 is 0 Å². The molecule has 49 heavy (non-hydrogen) atoms. The van der Waals surface area contributed by atoms with Crippen LogP contribution in [0.2, 0.25) is 0 Å². The third-order valence-corrected chi connectivity index (χ3v) is 7.89. The van der Waals surface area contributed by atoms with Gasteiger partial charge in [0.15, 0.2) is 0 Å². The highest BCUT2D eigenvalue weighted by Crippen LogP contribution is 2.18. The molecule has 0 spiro atoms. The van der Waals surface area contributed by atoms with Crippen molar-refractivity contribution >= 4 is 34.6 Å². The Bertz CT molecular complexity index is 1660. The molecule has 0 unspecified atom stereocenters. The van der Waals surface area contributed by atoms with E-state index < -0.39 is 48.1 Å². The van der Waals surface area contributed by atoms with Crippen LogP contribution in [0.25, 0.3) is 10.8 Å². The van der Waals surface area contributed by atoms with Crippen molar-refractivity contribution in [1.82, 2.24) is 25.9 Å². The fraction of sp³-hybridized carbons (Fsp3) is 0.378. The van der Waals surface area contributed by atoms with E-state index in [1.54, 1.807) is 13.1 Å². The number of rotatable bonds is 17. The zero-order valence-corrected chi connectivity index (χ0v) is 28.1. The quantitative estimate of drug-likeness (QED) is 0.105.